The maximum absolute atomic E-state index is 11.1. The van der Waals surface area contributed by atoms with Gasteiger partial charge in [-0.15, -0.1) is 0 Å². The molecule has 0 saturated carbocycles. The van der Waals surface area contributed by atoms with Crippen LogP contribution < -0.4 is 0 Å². The number of hydrogen-bond acceptors (Lipinski definition) is 4. The highest BCUT2D eigenvalue weighted by molar-refractivity contribution is 5.87. The Hall–Kier alpha value is -1.58. The number of carbonyl (C=O) groups is 2. The van der Waals surface area contributed by atoms with Gasteiger partial charge in [-0.25, -0.2) is 9.59 Å². The average Bonchev–Trinajstić information content (AvgIpc) is 2.31. The third-order valence-electron chi connectivity index (χ3n) is 1.90. The van der Waals surface area contributed by atoms with Crippen LogP contribution in [0.3, 0.4) is 0 Å². The van der Waals surface area contributed by atoms with Crippen molar-refractivity contribution in [2.24, 2.45) is 0 Å². The number of ether oxygens (including phenoxy) is 2. The summed E-state index contributed by atoms with van der Waals surface area (Å²) < 4.78 is 9.68. The third kappa shape index (κ3) is 6.81. The van der Waals surface area contributed by atoms with E-state index in [1.54, 1.807) is 0 Å². The molecule has 0 fully saturated rings. The first-order chi connectivity index (χ1) is 7.61. The molecule has 4 nitrogen and oxygen atoms in total. The minimum absolute atomic E-state index is 0.317. The second kappa shape index (κ2) is 8.71. The van der Waals surface area contributed by atoms with E-state index in [2.05, 4.69) is 13.2 Å². The van der Waals surface area contributed by atoms with Gasteiger partial charge in [-0.05, 0) is 19.3 Å². The van der Waals surface area contributed by atoms with E-state index in [1.807, 2.05) is 6.92 Å². The Morgan fingerprint density at radius 1 is 1.19 bits per heavy atom. The molecule has 90 valence electrons. The summed E-state index contributed by atoms with van der Waals surface area (Å²) in [5.41, 5.74) is 0.470. The van der Waals surface area contributed by atoms with Crippen LogP contribution in [0.2, 0.25) is 0 Å². The summed E-state index contributed by atoms with van der Waals surface area (Å²) in [5.74, 6) is -0.790. The number of unbranched alkanes of at least 4 members (excludes halogenated alkanes) is 1. The van der Waals surface area contributed by atoms with Crippen LogP contribution in [0.1, 0.15) is 26.2 Å². The fourth-order valence-corrected chi connectivity index (χ4v) is 0.847. The van der Waals surface area contributed by atoms with E-state index in [1.165, 1.54) is 0 Å². The van der Waals surface area contributed by atoms with E-state index in [0.717, 1.165) is 6.08 Å². The summed E-state index contributed by atoms with van der Waals surface area (Å²) in [7, 11) is 0. The maximum atomic E-state index is 11.1. The molecule has 0 aliphatic heterocycles. The summed E-state index contributed by atoms with van der Waals surface area (Å²) in [6.45, 7) is 9.33. The van der Waals surface area contributed by atoms with E-state index in [4.69, 9.17) is 9.47 Å². The first-order valence-corrected chi connectivity index (χ1v) is 5.25. The summed E-state index contributed by atoms with van der Waals surface area (Å²) in [6, 6.07) is 0. The predicted octanol–water partition coefficient (Wildman–Crippen LogP) is 2.01. The zero-order valence-corrected chi connectivity index (χ0v) is 9.66. The Morgan fingerprint density at radius 2 is 1.75 bits per heavy atom. The molecule has 0 amide bonds. The van der Waals surface area contributed by atoms with E-state index < -0.39 is 5.97 Å². The SMILES string of the molecule is C=CC(=O)OCCCCOC(=O)C(=C)CC. The Morgan fingerprint density at radius 3 is 2.25 bits per heavy atom. The summed E-state index contributed by atoms with van der Waals surface area (Å²) in [6.07, 6.45) is 3.03. The van der Waals surface area contributed by atoms with Gasteiger partial charge in [0.25, 0.3) is 0 Å². The zero-order chi connectivity index (χ0) is 12.4. The van der Waals surface area contributed by atoms with Crippen LogP contribution in [0.15, 0.2) is 24.8 Å². The minimum atomic E-state index is -0.434. The molecule has 4 heteroatoms. The summed E-state index contributed by atoms with van der Waals surface area (Å²) in [4.78, 5) is 21.8. The molecule has 0 heterocycles. The highest BCUT2D eigenvalue weighted by atomic mass is 16.5. The molecule has 0 bridgehead atoms. The lowest BCUT2D eigenvalue weighted by atomic mass is 10.2. The molecule has 0 spiro atoms. The number of esters is 2. The molecule has 0 aliphatic carbocycles. The van der Waals surface area contributed by atoms with Crippen LogP contribution in [-0.2, 0) is 19.1 Å². The first-order valence-electron chi connectivity index (χ1n) is 5.25. The standard InChI is InChI=1S/C12H18O4/c1-4-10(3)12(14)16-9-7-6-8-15-11(13)5-2/h5H,2-4,6-9H2,1H3. The van der Waals surface area contributed by atoms with Crippen LogP contribution in [0, 0.1) is 0 Å². The third-order valence-corrected chi connectivity index (χ3v) is 1.90. The van der Waals surface area contributed by atoms with Gasteiger partial charge in [0.1, 0.15) is 0 Å². The number of carbonyl (C=O) groups excluding carboxylic acids is 2. The van der Waals surface area contributed by atoms with Gasteiger partial charge in [0.05, 0.1) is 13.2 Å². The molecule has 0 atom stereocenters. The second-order valence-corrected chi connectivity index (χ2v) is 3.17. The molecule has 0 aromatic heterocycles. The molecule has 0 aromatic rings. The van der Waals surface area contributed by atoms with Crippen molar-refractivity contribution in [1.82, 2.24) is 0 Å². The largest absolute Gasteiger partial charge is 0.463 e. The number of hydrogen-bond donors (Lipinski definition) is 0. The molecule has 0 aliphatic rings. The highest BCUT2D eigenvalue weighted by Gasteiger charge is 2.05. The lowest BCUT2D eigenvalue weighted by molar-refractivity contribution is -0.141. The minimum Gasteiger partial charge on any atom is -0.463 e. The van der Waals surface area contributed by atoms with Crippen molar-refractivity contribution in [3.63, 3.8) is 0 Å². The zero-order valence-electron chi connectivity index (χ0n) is 9.66. The van der Waals surface area contributed by atoms with Gasteiger partial charge in [-0.2, -0.15) is 0 Å². The Labute approximate surface area is 95.9 Å². The van der Waals surface area contributed by atoms with Gasteiger partial charge < -0.3 is 9.47 Å². The van der Waals surface area contributed by atoms with Gasteiger partial charge in [-0.3, -0.25) is 0 Å². The van der Waals surface area contributed by atoms with Crippen molar-refractivity contribution in [3.8, 4) is 0 Å². The van der Waals surface area contributed by atoms with E-state index in [-0.39, 0.29) is 5.97 Å². The van der Waals surface area contributed by atoms with Gasteiger partial charge in [-0.1, -0.05) is 20.1 Å². The molecule has 16 heavy (non-hydrogen) atoms. The van der Waals surface area contributed by atoms with Crippen LogP contribution in [-0.4, -0.2) is 25.2 Å². The van der Waals surface area contributed by atoms with Crippen molar-refractivity contribution in [3.05, 3.63) is 24.8 Å². The summed E-state index contributed by atoms with van der Waals surface area (Å²) >= 11 is 0. The van der Waals surface area contributed by atoms with Crippen molar-refractivity contribution < 1.29 is 19.1 Å². The highest BCUT2D eigenvalue weighted by Crippen LogP contribution is 2.01. The molecule has 0 unspecified atom stereocenters. The molecule has 0 saturated heterocycles. The fourth-order valence-electron chi connectivity index (χ4n) is 0.847. The maximum Gasteiger partial charge on any atom is 0.333 e. The molecular formula is C12H18O4. The first kappa shape index (κ1) is 14.4. The molecule has 0 radical (unpaired) electrons. The lowest BCUT2D eigenvalue weighted by Crippen LogP contribution is -2.09. The Kier molecular flexibility index (Phi) is 7.85. The summed E-state index contributed by atoms with van der Waals surface area (Å²) in [5, 5.41) is 0. The quantitative estimate of drug-likeness (QED) is 0.361. The lowest BCUT2D eigenvalue weighted by Gasteiger charge is -2.05. The predicted molar refractivity (Wildman–Crippen MR) is 60.8 cm³/mol. The molecule has 0 aromatic carbocycles. The van der Waals surface area contributed by atoms with Crippen molar-refractivity contribution in [2.45, 2.75) is 26.2 Å². The van der Waals surface area contributed by atoms with Crippen LogP contribution >= 0.6 is 0 Å². The average molecular weight is 226 g/mol. The normalized spacial score (nSPS) is 9.31. The smallest absolute Gasteiger partial charge is 0.333 e. The van der Waals surface area contributed by atoms with Crippen molar-refractivity contribution in [1.29, 1.82) is 0 Å². The van der Waals surface area contributed by atoms with Crippen LogP contribution in [0.4, 0.5) is 0 Å². The molecule has 0 N–H and O–H groups in total. The van der Waals surface area contributed by atoms with E-state index >= 15 is 0 Å². The van der Waals surface area contributed by atoms with Crippen molar-refractivity contribution >= 4 is 11.9 Å². The van der Waals surface area contributed by atoms with E-state index in [9.17, 15) is 9.59 Å². The van der Waals surface area contributed by atoms with Gasteiger partial charge in [0.15, 0.2) is 0 Å². The van der Waals surface area contributed by atoms with Crippen molar-refractivity contribution in [2.75, 3.05) is 13.2 Å². The Bertz CT molecular complexity index is 268. The Balaban J connectivity index is 3.40. The van der Waals surface area contributed by atoms with Gasteiger partial charge in [0, 0.05) is 11.6 Å². The van der Waals surface area contributed by atoms with Crippen LogP contribution in [0.25, 0.3) is 0 Å². The van der Waals surface area contributed by atoms with Gasteiger partial charge in [0.2, 0.25) is 0 Å². The van der Waals surface area contributed by atoms with Crippen LogP contribution in [0.5, 0.6) is 0 Å². The van der Waals surface area contributed by atoms with Gasteiger partial charge >= 0.3 is 11.9 Å². The molecule has 0 rings (SSSR count). The van der Waals surface area contributed by atoms with E-state index in [0.29, 0.717) is 38.0 Å². The monoisotopic (exact) mass is 226 g/mol. The number of rotatable bonds is 8. The molecular weight excluding hydrogens is 208 g/mol. The second-order valence-electron chi connectivity index (χ2n) is 3.17. The fraction of sp³-hybridized carbons (Fsp3) is 0.500. The topological polar surface area (TPSA) is 52.6 Å².